The number of hydrogen-bond donors (Lipinski definition) is 0. The van der Waals surface area contributed by atoms with E-state index >= 15 is 0 Å². The first-order valence-electron chi connectivity index (χ1n) is 4.63. The summed E-state index contributed by atoms with van der Waals surface area (Å²) in [5, 5.41) is 0.796. The monoisotopic (exact) mass is 323 g/mol. The maximum atomic E-state index is 11.6. The van der Waals surface area contributed by atoms with Crippen molar-refractivity contribution in [3.8, 4) is 0 Å². The number of halogens is 3. The quantitative estimate of drug-likeness (QED) is 0.743. The Morgan fingerprint density at radius 1 is 1.31 bits per heavy atom. The van der Waals surface area contributed by atoms with Gasteiger partial charge < -0.3 is 9.64 Å². The largest absolute Gasteiger partial charge is 0.370 e. The molecule has 0 aliphatic carbocycles. The summed E-state index contributed by atoms with van der Waals surface area (Å²) in [5.74, 6) is -0.105. The van der Waals surface area contributed by atoms with E-state index in [1.54, 1.807) is 17.0 Å². The minimum absolute atomic E-state index is 0.0873. The number of carbonyl (C=O) groups is 1. The molecule has 16 heavy (non-hydrogen) atoms. The average molecular weight is 325 g/mol. The summed E-state index contributed by atoms with van der Waals surface area (Å²) in [6.07, 6.45) is 0. The van der Waals surface area contributed by atoms with E-state index in [1.165, 1.54) is 0 Å². The molecule has 1 heterocycles. The van der Waals surface area contributed by atoms with Crippen molar-refractivity contribution < 1.29 is 9.53 Å². The lowest BCUT2D eigenvalue weighted by Gasteiger charge is -2.27. The normalized spacial score (nSPS) is 16.7. The number of amides is 1. The average Bonchev–Trinajstić information content (AvgIpc) is 2.28. The molecule has 1 aliphatic rings. The van der Waals surface area contributed by atoms with Gasteiger partial charge in [0.05, 0.1) is 22.3 Å². The van der Waals surface area contributed by atoms with Gasteiger partial charge >= 0.3 is 0 Å². The molecule has 0 radical (unpaired) electrons. The highest BCUT2D eigenvalue weighted by Crippen LogP contribution is 2.38. The molecule has 1 aromatic rings. The van der Waals surface area contributed by atoms with Crippen molar-refractivity contribution in [3.63, 3.8) is 0 Å². The predicted octanol–water partition coefficient (Wildman–Crippen LogP) is 3.12. The Morgan fingerprint density at radius 3 is 2.75 bits per heavy atom. The van der Waals surface area contributed by atoms with Gasteiger partial charge in [-0.15, -0.1) is 0 Å². The Balaban J connectivity index is 2.40. The summed E-state index contributed by atoms with van der Waals surface area (Å²) < 4.78 is 5.76. The molecule has 0 bridgehead atoms. The zero-order valence-electron chi connectivity index (χ0n) is 8.17. The van der Waals surface area contributed by atoms with Gasteiger partial charge in [-0.1, -0.05) is 23.2 Å². The summed E-state index contributed by atoms with van der Waals surface area (Å²) in [7, 11) is 0. The lowest BCUT2D eigenvalue weighted by Crippen LogP contribution is -2.41. The molecule has 0 aromatic heterocycles. The molecule has 0 spiro atoms. The van der Waals surface area contributed by atoms with Crippen LogP contribution in [0.5, 0.6) is 0 Å². The van der Waals surface area contributed by atoms with Crippen LogP contribution in [0.15, 0.2) is 16.6 Å². The van der Waals surface area contributed by atoms with Crippen molar-refractivity contribution in [1.29, 1.82) is 0 Å². The Hall–Kier alpha value is -0.290. The molecule has 0 saturated carbocycles. The maximum absolute atomic E-state index is 11.6. The standard InChI is InChI=1S/C10H8BrCl2NO2/c11-6-1-2-7(10(13)9(6)12)14-3-4-16-5-8(14)15/h1-2H,3-5H2. The van der Waals surface area contributed by atoms with Gasteiger partial charge in [-0.3, -0.25) is 4.79 Å². The number of carbonyl (C=O) groups excluding carboxylic acids is 1. The van der Waals surface area contributed by atoms with Crippen molar-refractivity contribution >= 4 is 50.7 Å². The first kappa shape index (κ1) is 12.2. The molecule has 1 fully saturated rings. The van der Waals surface area contributed by atoms with Gasteiger partial charge in [0.1, 0.15) is 6.61 Å². The van der Waals surface area contributed by atoms with Gasteiger partial charge in [-0.05, 0) is 28.1 Å². The Kier molecular flexibility index (Phi) is 3.74. The molecule has 0 atom stereocenters. The molecule has 0 unspecified atom stereocenters. The van der Waals surface area contributed by atoms with E-state index in [0.717, 1.165) is 0 Å². The van der Waals surface area contributed by atoms with Crippen LogP contribution in [0.3, 0.4) is 0 Å². The third-order valence-electron chi connectivity index (χ3n) is 2.29. The van der Waals surface area contributed by atoms with Gasteiger partial charge in [-0.25, -0.2) is 0 Å². The summed E-state index contributed by atoms with van der Waals surface area (Å²) in [4.78, 5) is 13.2. The van der Waals surface area contributed by atoms with E-state index < -0.39 is 0 Å². The fourth-order valence-electron chi connectivity index (χ4n) is 1.50. The van der Waals surface area contributed by atoms with Crippen LogP contribution in [-0.4, -0.2) is 25.7 Å². The van der Waals surface area contributed by atoms with Gasteiger partial charge in [0.25, 0.3) is 5.91 Å². The van der Waals surface area contributed by atoms with Crippen LogP contribution >= 0.6 is 39.1 Å². The highest BCUT2D eigenvalue weighted by Gasteiger charge is 2.23. The molecule has 0 N–H and O–H groups in total. The molecular formula is C10H8BrCl2NO2. The van der Waals surface area contributed by atoms with Crippen molar-refractivity contribution in [2.45, 2.75) is 0 Å². The third-order valence-corrected chi connectivity index (χ3v) is 4.05. The highest BCUT2D eigenvalue weighted by atomic mass is 79.9. The van der Waals surface area contributed by atoms with Crippen molar-refractivity contribution in [1.82, 2.24) is 0 Å². The van der Waals surface area contributed by atoms with Gasteiger partial charge in [0.2, 0.25) is 0 Å². The molecule has 86 valence electrons. The second-order valence-corrected chi connectivity index (χ2v) is 4.90. The van der Waals surface area contributed by atoms with Crippen molar-refractivity contribution in [2.75, 3.05) is 24.7 Å². The first-order valence-corrected chi connectivity index (χ1v) is 6.18. The van der Waals surface area contributed by atoms with Gasteiger partial charge in [-0.2, -0.15) is 0 Å². The molecule has 1 aliphatic heterocycles. The summed E-state index contributed by atoms with van der Waals surface area (Å²) >= 11 is 15.4. The minimum Gasteiger partial charge on any atom is -0.370 e. The SMILES string of the molecule is O=C1COCCN1c1ccc(Br)c(Cl)c1Cl. The Morgan fingerprint density at radius 2 is 2.06 bits per heavy atom. The van der Waals surface area contributed by atoms with E-state index in [2.05, 4.69) is 15.9 Å². The third kappa shape index (κ3) is 2.20. The predicted molar refractivity (Wildman–Crippen MR) is 67.3 cm³/mol. The topological polar surface area (TPSA) is 29.5 Å². The lowest BCUT2D eigenvalue weighted by atomic mass is 10.2. The van der Waals surface area contributed by atoms with Crippen LogP contribution < -0.4 is 4.90 Å². The molecule has 6 heteroatoms. The highest BCUT2D eigenvalue weighted by molar-refractivity contribution is 9.10. The molecular weight excluding hydrogens is 317 g/mol. The first-order chi connectivity index (χ1) is 7.61. The fourth-order valence-corrected chi connectivity index (χ4v) is 2.37. The number of morpholine rings is 1. The summed E-state index contributed by atoms with van der Waals surface area (Å²) in [5.41, 5.74) is 0.628. The number of hydrogen-bond acceptors (Lipinski definition) is 2. The molecule has 1 amide bonds. The van der Waals surface area contributed by atoms with Gasteiger partial charge in [0, 0.05) is 11.0 Å². The molecule has 3 nitrogen and oxygen atoms in total. The number of benzene rings is 1. The zero-order chi connectivity index (χ0) is 11.7. The molecule has 2 rings (SSSR count). The molecule has 1 saturated heterocycles. The van der Waals surface area contributed by atoms with Crippen LogP contribution in [0.4, 0.5) is 5.69 Å². The van der Waals surface area contributed by atoms with Crippen molar-refractivity contribution in [3.05, 3.63) is 26.7 Å². The van der Waals surface area contributed by atoms with Crippen LogP contribution in [0.25, 0.3) is 0 Å². The number of anilines is 1. The smallest absolute Gasteiger partial charge is 0.253 e. The summed E-state index contributed by atoms with van der Waals surface area (Å²) in [6, 6.07) is 3.54. The Labute approximate surface area is 111 Å². The minimum atomic E-state index is -0.105. The number of rotatable bonds is 1. The van der Waals surface area contributed by atoms with E-state index in [1.807, 2.05) is 0 Å². The Bertz CT molecular complexity index is 439. The fraction of sp³-hybridized carbons (Fsp3) is 0.300. The van der Waals surface area contributed by atoms with E-state index in [4.69, 9.17) is 27.9 Å². The van der Waals surface area contributed by atoms with Crippen LogP contribution in [0.1, 0.15) is 0 Å². The number of nitrogens with zero attached hydrogens (tertiary/aromatic N) is 1. The van der Waals surface area contributed by atoms with Crippen LogP contribution in [0.2, 0.25) is 10.0 Å². The van der Waals surface area contributed by atoms with Crippen LogP contribution in [-0.2, 0) is 9.53 Å². The van der Waals surface area contributed by atoms with E-state index in [-0.39, 0.29) is 12.5 Å². The second kappa shape index (κ2) is 4.92. The summed E-state index contributed by atoms with van der Waals surface area (Å²) in [6.45, 7) is 1.09. The maximum Gasteiger partial charge on any atom is 0.253 e. The van der Waals surface area contributed by atoms with Gasteiger partial charge in [0.15, 0.2) is 0 Å². The van der Waals surface area contributed by atoms with Crippen LogP contribution in [0, 0.1) is 0 Å². The lowest BCUT2D eigenvalue weighted by molar-refractivity contribution is -0.125. The second-order valence-electron chi connectivity index (χ2n) is 3.29. The molecule has 1 aromatic carbocycles. The van der Waals surface area contributed by atoms with E-state index in [0.29, 0.717) is 33.4 Å². The zero-order valence-corrected chi connectivity index (χ0v) is 11.3. The van der Waals surface area contributed by atoms with Crippen molar-refractivity contribution in [2.24, 2.45) is 0 Å². The van der Waals surface area contributed by atoms with E-state index in [9.17, 15) is 4.79 Å². The number of ether oxygens (including phenoxy) is 1.